The highest BCUT2D eigenvalue weighted by Crippen LogP contribution is 2.32. The summed E-state index contributed by atoms with van der Waals surface area (Å²) in [6.45, 7) is 3.24. The van der Waals surface area contributed by atoms with E-state index in [0.717, 1.165) is 24.3 Å². The molecule has 1 aliphatic heterocycles. The summed E-state index contributed by atoms with van der Waals surface area (Å²) in [6.07, 6.45) is 2.23. The van der Waals surface area contributed by atoms with Crippen LogP contribution in [0.5, 0.6) is 11.5 Å². The van der Waals surface area contributed by atoms with Gasteiger partial charge in [0.2, 0.25) is 5.91 Å². The summed E-state index contributed by atoms with van der Waals surface area (Å²) in [5, 5.41) is 2.91. The Balaban J connectivity index is 1.54. The Morgan fingerprint density at radius 1 is 1.00 bits per heavy atom. The van der Waals surface area contributed by atoms with Crippen LogP contribution in [0.25, 0.3) is 0 Å². The molecule has 1 heterocycles. The molecule has 0 unspecified atom stereocenters. The van der Waals surface area contributed by atoms with Gasteiger partial charge in [-0.1, -0.05) is 31.2 Å². The van der Waals surface area contributed by atoms with E-state index in [1.165, 1.54) is 11.1 Å². The van der Waals surface area contributed by atoms with Gasteiger partial charge in [-0.25, -0.2) is 0 Å². The molecule has 0 aliphatic carbocycles. The normalized spacial score (nSPS) is 12.7. The Kier molecular flexibility index (Phi) is 4.81. The lowest BCUT2D eigenvalue weighted by Crippen LogP contribution is -2.16. The van der Waals surface area contributed by atoms with Crippen molar-refractivity contribution in [2.24, 2.45) is 0 Å². The van der Waals surface area contributed by atoms with Crippen molar-refractivity contribution in [1.82, 2.24) is 0 Å². The molecular weight excluding hydrogens is 290 g/mol. The van der Waals surface area contributed by atoms with Crippen LogP contribution in [0.15, 0.2) is 42.5 Å². The maximum absolute atomic E-state index is 12.1. The molecule has 4 heteroatoms. The fourth-order valence-corrected chi connectivity index (χ4v) is 2.54. The SMILES string of the molecule is CCc1ccc(CCC(=O)Nc2ccc3c(c2)OCCO3)cc1. The Bertz CT molecular complexity index is 680. The Morgan fingerprint density at radius 3 is 2.43 bits per heavy atom. The minimum atomic E-state index is 0.00115. The molecule has 4 nitrogen and oxygen atoms in total. The zero-order chi connectivity index (χ0) is 16.1. The first-order valence-corrected chi connectivity index (χ1v) is 8.02. The van der Waals surface area contributed by atoms with Crippen molar-refractivity contribution in [3.05, 3.63) is 53.6 Å². The third kappa shape index (κ3) is 4.03. The number of nitrogens with one attached hydrogen (secondary N) is 1. The number of ether oxygens (including phenoxy) is 2. The zero-order valence-corrected chi connectivity index (χ0v) is 13.3. The second-order valence-corrected chi connectivity index (χ2v) is 5.58. The smallest absolute Gasteiger partial charge is 0.224 e. The average Bonchev–Trinajstić information content (AvgIpc) is 2.60. The van der Waals surface area contributed by atoms with Crippen molar-refractivity contribution in [2.45, 2.75) is 26.2 Å². The topological polar surface area (TPSA) is 47.6 Å². The van der Waals surface area contributed by atoms with E-state index in [4.69, 9.17) is 9.47 Å². The molecular formula is C19H21NO3. The van der Waals surface area contributed by atoms with Gasteiger partial charge < -0.3 is 14.8 Å². The van der Waals surface area contributed by atoms with Gasteiger partial charge in [-0.15, -0.1) is 0 Å². The number of fused-ring (bicyclic) bond motifs is 1. The van der Waals surface area contributed by atoms with Crippen molar-refractivity contribution in [2.75, 3.05) is 18.5 Å². The molecule has 0 fully saturated rings. The molecule has 0 saturated carbocycles. The highest BCUT2D eigenvalue weighted by Gasteiger charge is 2.12. The minimum absolute atomic E-state index is 0.00115. The van der Waals surface area contributed by atoms with Crippen molar-refractivity contribution >= 4 is 11.6 Å². The van der Waals surface area contributed by atoms with E-state index in [1.54, 1.807) is 0 Å². The van der Waals surface area contributed by atoms with Gasteiger partial charge in [-0.3, -0.25) is 4.79 Å². The van der Waals surface area contributed by atoms with Gasteiger partial charge in [-0.2, -0.15) is 0 Å². The van der Waals surface area contributed by atoms with Crippen LogP contribution in [0.4, 0.5) is 5.69 Å². The maximum Gasteiger partial charge on any atom is 0.224 e. The van der Waals surface area contributed by atoms with Crippen LogP contribution in [0, 0.1) is 0 Å². The molecule has 2 aromatic carbocycles. The van der Waals surface area contributed by atoms with Crippen LogP contribution in [-0.2, 0) is 17.6 Å². The third-order valence-corrected chi connectivity index (χ3v) is 3.90. The largest absolute Gasteiger partial charge is 0.486 e. The van der Waals surface area contributed by atoms with Crippen molar-refractivity contribution < 1.29 is 14.3 Å². The molecule has 2 aromatic rings. The predicted molar refractivity (Wildman–Crippen MR) is 90.2 cm³/mol. The number of amides is 1. The van der Waals surface area contributed by atoms with Crippen molar-refractivity contribution in [3.63, 3.8) is 0 Å². The maximum atomic E-state index is 12.1. The molecule has 23 heavy (non-hydrogen) atoms. The number of benzene rings is 2. The number of hydrogen-bond donors (Lipinski definition) is 1. The minimum Gasteiger partial charge on any atom is -0.486 e. The zero-order valence-electron chi connectivity index (χ0n) is 13.3. The third-order valence-electron chi connectivity index (χ3n) is 3.90. The van der Waals surface area contributed by atoms with E-state index in [9.17, 15) is 4.79 Å². The summed E-state index contributed by atoms with van der Waals surface area (Å²) < 4.78 is 11.0. The van der Waals surface area contributed by atoms with E-state index >= 15 is 0 Å². The lowest BCUT2D eigenvalue weighted by Gasteiger charge is -2.19. The average molecular weight is 311 g/mol. The van der Waals surface area contributed by atoms with Gasteiger partial charge in [0, 0.05) is 18.2 Å². The van der Waals surface area contributed by atoms with Crippen LogP contribution in [0.2, 0.25) is 0 Å². The lowest BCUT2D eigenvalue weighted by molar-refractivity contribution is -0.116. The summed E-state index contributed by atoms with van der Waals surface area (Å²) in [5.41, 5.74) is 3.23. The molecule has 1 N–H and O–H groups in total. The second kappa shape index (κ2) is 7.18. The van der Waals surface area contributed by atoms with Crippen LogP contribution >= 0.6 is 0 Å². The van der Waals surface area contributed by atoms with Gasteiger partial charge >= 0.3 is 0 Å². The molecule has 0 saturated heterocycles. The summed E-state index contributed by atoms with van der Waals surface area (Å²) >= 11 is 0. The van der Waals surface area contributed by atoms with Crippen LogP contribution in [0.3, 0.4) is 0 Å². The van der Waals surface area contributed by atoms with Crippen molar-refractivity contribution in [3.8, 4) is 11.5 Å². The Morgan fingerprint density at radius 2 is 1.70 bits per heavy atom. The predicted octanol–water partition coefficient (Wildman–Crippen LogP) is 3.59. The van der Waals surface area contributed by atoms with E-state index in [1.807, 2.05) is 18.2 Å². The van der Waals surface area contributed by atoms with Gasteiger partial charge in [0.15, 0.2) is 11.5 Å². The summed E-state index contributed by atoms with van der Waals surface area (Å²) in [7, 11) is 0. The Hall–Kier alpha value is -2.49. The van der Waals surface area contributed by atoms with E-state index in [0.29, 0.717) is 25.4 Å². The van der Waals surface area contributed by atoms with E-state index in [2.05, 4.69) is 36.5 Å². The lowest BCUT2D eigenvalue weighted by atomic mass is 10.1. The first kappa shape index (κ1) is 15.4. The summed E-state index contributed by atoms with van der Waals surface area (Å²) in [4.78, 5) is 12.1. The van der Waals surface area contributed by atoms with Gasteiger partial charge in [0.05, 0.1) is 0 Å². The first-order chi connectivity index (χ1) is 11.2. The van der Waals surface area contributed by atoms with Crippen molar-refractivity contribution in [1.29, 1.82) is 0 Å². The molecule has 120 valence electrons. The number of aryl methyl sites for hydroxylation is 2. The fraction of sp³-hybridized carbons (Fsp3) is 0.316. The molecule has 0 atom stereocenters. The van der Waals surface area contributed by atoms with Gasteiger partial charge in [0.25, 0.3) is 0 Å². The number of carbonyl (C=O) groups is 1. The van der Waals surface area contributed by atoms with Crippen LogP contribution < -0.4 is 14.8 Å². The standard InChI is InChI=1S/C19H21NO3/c1-2-14-3-5-15(6-4-14)7-10-19(21)20-16-8-9-17-18(13-16)23-12-11-22-17/h3-6,8-9,13H,2,7,10-12H2,1H3,(H,20,21). The molecule has 1 amide bonds. The molecule has 3 rings (SSSR count). The van der Waals surface area contributed by atoms with Crippen LogP contribution in [-0.4, -0.2) is 19.1 Å². The highest BCUT2D eigenvalue weighted by molar-refractivity contribution is 5.91. The van der Waals surface area contributed by atoms with Gasteiger partial charge in [0.1, 0.15) is 13.2 Å². The second-order valence-electron chi connectivity index (χ2n) is 5.58. The monoisotopic (exact) mass is 311 g/mol. The first-order valence-electron chi connectivity index (χ1n) is 8.02. The molecule has 0 spiro atoms. The molecule has 0 bridgehead atoms. The van der Waals surface area contributed by atoms with E-state index in [-0.39, 0.29) is 5.91 Å². The highest BCUT2D eigenvalue weighted by atomic mass is 16.6. The molecule has 0 aromatic heterocycles. The summed E-state index contributed by atoms with van der Waals surface area (Å²) in [5.74, 6) is 1.41. The molecule has 0 radical (unpaired) electrons. The van der Waals surface area contributed by atoms with Crippen LogP contribution in [0.1, 0.15) is 24.5 Å². The van der Waals surface area contributed by atoms with Gasteiger partial charge in [-0.05, 0) is 36.1 Å². The fourth-order valence-electron chi connectivity index (χ4n) is 2.54. The Labute approximate surface area is 136 Å². The molecule has 1 aliphatic rings. The number of anilines is 1. The van der Waals surface area contributed by atoms with E-state index < -0.39 is 0 Å². The summed E-state index contributed by atoms with van der Waals surface area (Å²) in [6, 6.07) is 13.9. The number of carbonyl (C=O) groups excluding carboxylic acids is 1. The number of rotatable bonds is 5. The number of hydrogen-bond acceptors (Lipinski definition) is 3. The quantitative estimate of drug-likeness (QED) is 0.918.